The van der Waals surface area contributed by atoms with Crippen LogP contribution in [-0.2, 0) is 19.1 Å². The monoisotopic (exact) mass is 488 g/mol. The molecule has 0 radical (unpaired) electrons. The highest BCUT2D eigenvalue weighted by Gasteiger charge is 2.34. The third-order valence-corrected chi connectivity index (χ3v) is 5.10. The molecule has 162 valence electrons. The average Bonchev–Trinajstić information content (AvgIpc) is 3.04. The van der Waals surface area contributed by atoms with E-state index in [4.69, 9.17) is 14.2 Å². The number of hydrogen-bond acceptors (Lipinski definition) is 6. The van der Waals surface area contributed by atoms with Gasteiger partial charge in [-0.3, -0.25) is 15.0 Å². The lowest BCUT2D eigenvalue weighted by Gasteiger charge is -2.17. The maximum Gasteiger partial charge on any atom is 0.347 e. The molecular weight excluding hydrogens is 468 g/mol. The van der Waals surface area contributed by atoms with Crippen molar-refractivity contribution in [3.05, 3.63) is 58.1 Å². The van der Waals surface area contributed by atoms with Gasteiger partial charge in [0.15, 0.2) is 17.6 Å². The number of nitrogens with one attached hydrogen (secondary N) is 1. The van der Waals surface area contributed by atoms with Crippen molar-refractivity contribution in [2.45, 2.75) is 20.0 Å². The summed E-state index contributed by atoms with van der Waals surface area (Å²) >= 11 is 3.42. The first-order valence-electron chi connectivity index (χ1n) is 9.48. The third-order valence-electron chi connectivity index (χ3n) is 4.41. The van der Waals surface area contributed by atoms with Crippen LogP contribution in [0.15, 0.2) is 52.5 Å². The summed E-state index contributed by atoms with van der Waals surface area (Å²) in [5, 5.41) is 1.19. The Morgan fingerprint density at radius 2 is 1.90 bits per heavy atom. The van der Waals surface area contributed by atoms with Crippen molar-refractivity contribution in [2.24, 2.45) is 0 Å². The van der Waals surface area contributed by atoms with Crippen LogP contribution in [0.4, 0.5) is 5.69 Å². The van der Waals surface area contributed by atoms with E-state index in [-0.39, 0.29) is 12.2 Å². The summed E-state index contributed by atoms with van der Waals surface area (Å²) in [5.74, 6) is -0.849. The van der Waals surface area contributed by atoms with Crippen LogP contribution in [0.2, 0.25) is 0 Å². The van der Waals surface area contributed by atoms with E-state index in [0.717, 1.165) is 0 Å². The van der Waals surface area contributed by atoms with Gasteiger partial charge in [0, 0.05) is 4.47 Å². The maximum absolute atomic E-state index is 12.8. The fraction of sp³-hybridized carbons (Fsp3) is 0.227. The Labute approximate surface area is 187 Å². The van der Waals surface area contributed by atoms with Crippen LogP contribution in [0.1, 0.15) is 19.4 Å². The molecule has 1 fully saturated rings. The summed E-state index contributed by atoms with van der Waals surface area (Å²) in [6.07, 6.45) is 0.623. The lowest BCUT2D eigenvalue weighted by molar-refractivity contribution is -0.150. The molecule has 0 unspecified atom stereocenters. The second kappa shape index (κ2) is 9.65. The van der Waals surface area contributed by atoms with Gasteiger partial charge >= 0.3 is 5.97 Å². The van der Waals surface area contributed by atoms with Crippen LogP contribution in [0, 0.1) is 0 Å². The minimum atomic E-state index is -0.841. The highest BCUT2D eigenvalue weighted by atomic mass is 79.9. The number of carbonyl (C=O) groups excluding carboxylic acids is 3. The first-order chi connectivity index (χ1) is 14.8. The van der Waals surface area contributed by atoms with Crippen molar-refractivity contribution >= 4 is 45.5 Å². The van der Waals surface area contributed by atoms with Crippen molar-refractivity contribution in [3.8, 4) is 11.5 Å². The second-order valence-electron chi connectivity index (χ2n) is 6.51. The Hall–Kier alpha value is -3.33. The fourth-order valence-electron chi connectivity index (χ4n) is 2.88. The van der Waals surface area contributed by atoms with Crippen molar-refractivity contribution in [1.29, 1.82) is 0 Å². The first kappa shape index (κ1) is 22.4. The molecule has 2 aromatic rings. The van der Waals surface area contributed by atoms with Gasteiger partial charge in [0.2, 0.25) is 0 Å². The number of hydrogen-bond donors (Lipinski definition) is 1. The lowest BCUT2D eigenvalue weighted by atomic mass is 10.1. The Balaban J connectivity index is 1.89. The average molecular weight is 489 g/mol. The molecule has 1 aliphatic rings. The van der Waals surface area contributed by atoms with E-state index in [1.807, 2.05) is 6.07 Å². The number of halogens is 1. The molecule has 2 aromatic carbocycles. The van der Waals surface area contributed by atoms with Gasteiger partial charge in [0.05, 0.1) is 19.4 Å². The van der Waals surface area contributed by atoms with Crippen LogP contribution in [0.5, 0.6) is 11.5 Å². The summed E-state index contributed by atoms with van der Waals surface area (Å²) in [7, 11) is 1.45. The largest absolute Gasteiger partial charge is 0.493 e. The molecule has 0 bridgehead atoms. The van der Waals surface area contributed by atoms with Crippen LogP contribution in [0.3, 0.4) is 0 Å². The van der Waals surface area contributed by atoms with Crippen LogP contribution in [0.25, 0.3) is 6.08 Å². The molecule has 1 aliphatic heterocycles. The van der Waals surface area contributed by atoms with Gasteiger partial charge in [-0.1, -0.05) is 34.1 Å². The summed E-state index contributed by atoms with van der Waals surface area (Å²) in [6, 6.07) is 12.0. The number of ether oxygens (including phenoxy) is 3. The fourth-order valence-corrected chi connectivity index (χ4v) is 3.32. The summed E-state index contributed by atoms with van der Waals surface area (Å²) in [5.41, 5.74) is 3.61. The number of anilines is 1. The predicted octanol–water partition coefficient (Wildman–Crippen LogP) is 3.25. The number of rotatable bonds is 7. The summed E-state index contributed by atoms with van der Waals surface area (Å²) in [4.78, 5) is 37.1. The molecule has 9 heteroatoms. The van der Waals surface area contributed by atoms with Gasteiger partial charge in [-0.05, 0) is 49.8 Å². The topological polar surface area (TPSA) is 94.2 Å². The molecule has 1 saturated heterocycles. The van der Waals surface area contributed by atoms with Gasteiger partial charge in [-0.25, -0.2) is 9.80 Å². The highest BCUT2D eigenvalue weighted by molar-refractivity contribution is 9.10. The van der Waals surface area contributed by atoms with E-state index < -0.39 is 23.9 Å². The number of para-hydroxylation sites is 1. The van der Waals surface area contributed by atoms with E-state index in [1.165, 1.54) is 18.2 Å². The molecule has 31 heavy (non-hydrogen) atoms. The molecule has 0 aliphatic carbocycles. The Morgan fingerprint density at radius 3 is 2.55 bits per heavy atom. The molecular formula is C22H21BrN2O6. The minimum Gasteiger partial charge on any atom is -0.493 e. The van der Waals surface area contributed by atoms with Gasteiger partial charge in [0.25, 0.3) is 11.8 Å². The van der Waals surface area contributed by atoms with E-state index in [1.54, 1.807) is 50.2 Å². The number of nitrogens with zero attached hydrogens (tertiary/aromatic N) is 1. The Kier molecular flexibility index (Phi) is 6.96. The number of amides is 2. The van der Waals surface area contributed by atoms with Gasteiger partial charge < -0.3 is 14.2 Å². The Bertz CT molecular complexity index is 1040. The van der Waals surface area contributed by atoms with Crippen molar-refractivity contribution < 1.29 is 28.6 Å². The maximum atomic E-state index is 12.8. The van der Waals surface area contributed by atoms with Crippen molar-refractivity contribution in [3.63, 3.8) is 0 Å². The van der Waals surface area contributed by atoms with Crippen molar-refractivity contribution in [1.82, 2.24) is 5.43 Å². The number of methoxy groups -OCH3 is 1. The number of benzene rings is 2. The summed E-state index contributed by atoms with van der Waals surface area (Å²) in [6.45, 7) is 3.53. The zero-order chi connectivity index (χ0) is 22.5. The Morgan fingerprint density at radius 1 is 1.19 bits per heavy atom. The SMILES string of the molecule is CCOC(=O)[C@@H](C)Oc1cc(Br)c(/C=C2/C(=O)NN(c3ccccc3)C2=O)cc1OC. The number of hydrazine groups is 1. The molecule has 0 spiro atoms. The molecule has 8 nitrogen and oxygen atoms in total. The normalized spacial score (nSPS) is 15.6. The van der Waals surface area contributed by atoms with Gasteiger partial charge in [-0.15, -0.1) is 0 Å². The zero-order valence-electron chi connectivity index (χ0n) is 17.2. The zero-order valence-corrected chi connectivity index (χ0v) is 18.8. The molecule has 2 amide bonds. The predicted molar refractivity (Wildman–Crippen MR) is 117 cm³/mol. The second-order valence-corrected chi connectivity index (χ2v) is 7.37. The number of esters is 1. The van der Waals surface area contributed by atoms with E-state index in [9.17, 15) is 14.4 Å². The van der Waals surface area contributed by atoms with Gasteiger partial charge in [-0.2, -0.15) is 0 Å². The highest BCUT2D eigenvalue weighted by Crippen LogP contribution is 2.36. The molecule has 3 rings (SSSR count). The third kappa shape index (κ3) is 4.88. The molecule has 1 N–H and O–H groups in total. The molecule has 0 aromatic heterocycles. The minimum absolute atomic E-state index is 0.0276. The molecule has 0 saturated carbocycles. The van der Waals surface area contributed by atoms with Crippen molar-refractivity contribution in [2.75, 3.05) is 18.7 Å². The smallest absolute Gasteiger partial charge is 0.347 e. The van der Waals surface area contributed by atoms with E-state index in [0.29, 0.717) is 27.2 Å². The first-order valence-corrected chi connectivity index (χ1v) is 10.3. The van der Waals surface area contributed by atoms with Crippen LogP contribution < -0.4 is 19.9 Å². The molecule has 1 atom stereocenters. The molecule has 1 heterocycles. The quantitative estimate of drug-likeness (QED) is 0.365. The number of carbonyl (C=O) groups is 3. The van der Waals surface area contributed by atoms with Crippen LogP contribution in [-0.4, -0.2) is 37.6 Å². The van der Waals surface area contributed by atoms with Gasteiger partial charge in [0.1, 0.15) is 5.57 Å². The van der Waals surface area contributed by atoms with E-state index in [2.05, 4.69) is 21.4 Å². The lowest BCUT2D eigenvalue weighted by Crippen LogP contribution is -2.35. The standard InChI is InChI=1S/C22H21BrN2O6/c1-4-30-22(28)13(2)31-19-12-17(23)14(11-18(19)29-3)10-16-20(26)24-25(21(16)27)15-8-6-5-7-9-15/h5-13H,4H2,1-3H3,(H,24,26)/b16-10-/t13-/m1/s1. The van der Waals surface area contributed by atoms with E-state index >= 15 is 0 Å². The van der Waals surface area contributed by atoms with Crippen LogP contribution >= 0.6 is 15.9 Å². The summed E-state index contributed by atoms with van der Waals surface area (Å²) < 4.78 is 16.5.